The van der Waals surface area contributed by atoms with E-state index in [-0.39, 0.29) is 6.03 Å². The van der Waals surface area contributed by atoms with Gasteiger partial charge in [0, 0.05) is 44.3 Å². The molecule has 1 aliphatic heterocycles. The molecular formula is C19H25N5O3S. The van der Waals surface area contributed by atoms with Crippen LogP contribution in [0.1, 0.15) is 5.56 Å². The van der Waals surface area contributed by atoms with Crippen molar-refractivity contribution in [2.75, 3.05) is 44.7 Å². The summed E-state index contributed by atoms with van der Waals surface area (Å²) in [7, 11) is 0. The number of aromatic nitrogens is 1. The summed E-state index contributed by atoms with van der Waals surface area (Å²) < 4.78 is 20.7. The average molecular weight is 404 g/mol. The van der Waals surface area contributed by atoms with Crippen LogP contribution in [-0.4, -0.2) is 59.9 Å². The molecule has 1 aromatic heterocycles. The highest BCUT2D eigenvalue weighted by Gasteiger charge is 2.14. The van der Waals surface area contributed by atoms with Crippen molar-refractivity contribution in [1.82, 2.24) is 19.9 Å². The molecule has 1 aromatic carbocycles. The minimum atomic E-state index is -1.28. The Morgan fingerprint density at radius 3 is 2.57 bits per heavy atom. The fraction of sp³-hybridized carbons (Fsp3) is 0.368. The van der Waals surface area contributed by atoms with Crippen molar-refractivity contribution in [2.45, 2.75) is 11.4 Å². The minimum Gasteiger partial charge on any atom is -0.593 e. The van der Waals surface area contributed by atoms with Crippen LogP contribution in [-0.2, 0) is 22.6 Å². The van der Waals surface area contributed by atoms with E-state index in [9.17, 15) is 9.35 Å². The van der Waals surface area contributed by atoms with Gasteiger partial charge in [-0.3, -0.25) is 9.88 Å². The number of pyridine rings is 1. The van der Waals surface area contributed by atoms with E-state index in [1.165, 1.54) is 0 Å². The van der Waals surface area contributed by atoms with Gasteiger partial charge in [0.25, 0.3) is 0 Å². The summed E-state index contributed by atoms with van der Waals surface area (Å²) in [6.07, 6.45) is 3.37. The maximum atomic E-state index is 12.3. The van der Waals surface area contributed by atoms with Crippen molar-refractivity contribution >= 4 is 23.1 Å². The second-order valence-electron chi connectivity index (χ2n) is 6.30. The van der Waals surface area contributed by atoms with Gasteiger partial charge in [-0.05, 0) is 42.0 Å². The Morgan fingerprint density at radius 1 is 1.14 bits per heavy atom. The summed E-state index contributed by atoms with van der Waals surface area (Å²) >= 11 is -1.28. The number of anilines is 1. The van der Waals surface area contributed by atoms with Crippen LogP contribution >= 0.6 is 0 Å². The third-order valence-electron chi connectivity index (χ3n) is 4.29. The molecule has 0 bridgehead atoms. The second kappa shape index (κ2) is 11.0. The van der Waals surface area contributed by atoms with Crippen LogP contribution in [0.4, 0.5) is 10.5 Å². The monoisotopic (exact) mass is 403 g/mol. The number of carbonyl (C=O) groups is 1. The number of urea groups is 1. The molecule has 1 saturated heterocycles. The number of hydrogen-bond donors (Lipinski definition) is 3. The van der Waals surface area contributed by atoms with Crippen LogP contribution in [0.15, 0.2) is 53.7 Å². The third kappa shape index (κ3) is 6.77. The van der Waals surface area contributed by atoms with E-state index in [2.05, 4.69) is 25.2 Å². The number of morpholine rings is 1. The number of nitrogens with zero attached hydrogens (tertiary/aromatic N) is 2. The number of rotatable bonds is 8. The molecule has 1 fully saturated rings. The lowest BCUT2D eigenvalue weighted by atomic mass is 10.3. The van der Waals surface area contributed by atoms with E-state index in [1.54, 1.807) is 36.7 Å². The number of carbonyl (C=O) groups excluding carboxylic acids is 1. The van der Waals surface area contributed by atoms with Crippen molar-refractivity contribution in [2.24, 2.45) is 0 Å². The van der Waals surface area contributed by atoms with Gasteiger partial charge >= 0.3 is 6.03 Å². The summed E-state index contributed by atoms with van der Waals surface area (Å²) in [6.45, 7) is 5.25. The molecule has 28 heavy (non-hydrogen) atoms. The average Bonchev–Trinajstić information content (AvgIpc) is 2.74. The lowest BCUT2D eigenvalue weighted by Gasteiger charge is -2.26. The van der Waals surface area contributed by atoms with E-state index in [0.717, 1.165) is 38.4 Å². The zero-order chi connectivity index (χ0) is 19.6. The molecule has 9 heteroatoms. The summed E-state index contributed by atoms with van der Waals surface area (Å²) in [5.41, 5.74) is 1.61. The Morgan fingerprint density at radius 2 is 1.86 bits per heavy atom. The van der Waals surface area contributed by atoms with Crippen LogP contribution < -0.4 is 15.4 Å². The number of hydrogen-bond acceptors (Lipinski definition) is 6. The first-order valence-electron chi connectivity index (χ1n) is 9.20. The van der Waals surface area contributed by atoms with E-state index < -0.39 is 11.4 Å². The van der Waals surface area contributed by atoms with Gasteiger partial charge in [-0.15, -0.1) is 4.72 Å². The number of ether oxygens (including phenoxy) is 1. The molecule has 1 unspecified atom stereocenters. The predicted molar refractivity (Wildman–Crippen MR) is 108 cm³/mol. The molecule has 3 rings (SSSR count). The maximum absolute atomic E-state index is 12.3. The highest BCUT2D eigenvalue weighted by Crippen LogP contribution is 2.14. The van der Waals surface area contributed by atoms with Crippen molar-refractivity contribution in [1.29, 1.82) is 0 Å². The fourth-order valence-electron chi connectivity index (χ4n) is 2.72. The largest absolute Gasteiger partial charge is 0.593 e. The van der Waals surface area contributed by atoms with Crippen LogP contribution in [0.2, 0.25) is 0 Å². The fourth-order valence-corrected chi connectivity index (χ4v) is 3.55. The van der Waals surface area contributed by atoms with Crippen LogP contribution in [0, 0.1) is 0 Å². The second-order valence-corrected chi connectivity index (χ2v) is 7.60. The van der Waals surface area contributed by atoms with Crippen molar-refractivity contribution in [3.05, 3.63) is 54.4 Å². The van der Waals surface area contributed by atoms with Gasteiger partial charge in [0.05, 0.1) is 31.1 Å². The maximum Gasteiger partial charge on any atom is 0.319 e. The molecule has 0 spiro atoms. The SMILES string of the molecule is O=C(NCc1ccncc1)Nc1ccc([S+]([O-])NCCN2CCOCC2)cc1. The molecule has 1 atom stereocenters. The van der Waals surface area contributed by atoms with Crippen molar-refractivity contribution in [3.63, 3.8) is 0 Å². The van der Waals surface area contributed by atoms with Crippen molar-refractivity contribution in [3.8, 4) is 0 Å². The summed E-state index contributed by atoms with van der Waals surface area (Å²) in [4.78, 5) is 18.9. The van der Waals surface area contributed by atoms with Gasteiger partial charge in [-0.25, -0.2) is 4.79 Å². The molecule has 2 heterocycles. The molecule has 0 aliphatic carbocycles. The predicted octanol–water partition coefficient (Wildman–Crippen LogP) is 1.35. The molecule has 150 valence electrons. The molecular weight excluding hydrogens is 378 g/mol. The van der Waals surface area contributed by atoms with Crippen LogP contribution in [0.25, 0.3) is 0 Å². The van der Waals surface area contributed by atoms with Crippen molar-refractivity contribution < 1.29 is 14.1 Å². The Kier molecular flexibility index (Phi) is 8.07. The smallest absolute Gasteiger partial charge is 0.319 e. The van der Waals surface area contributed by atoms with E-state index in [4.69, 9.17) is 4.74 Å². The molecule has 2 amide bonds. The van der Waals surface area contributed by atoms with Crippen LogP contribution in [0.3, 0.4) is 0 Å². The first kappa shape index (κ1) is 20.6. The first-order valence-corrected chi connectivity index (χ1v) is 10.3. The number of benzene rings is 1. The van der Waals surface area contributed by atoms with E-state index in [0.29, 0.717) is 23.7 Å². The van der Waals surface area contributed by atoms with Gasteiger partial charge in [0.15, 0.2) is 4.90 Å². The summed E-state index contributed by atoms with van der Waals surface area (Å²) in [5.74, 6) is 0. The molecule has 8 nitrogen and oxygen atoms in total. The Hall–Kier alpha value is -2.17. The lowest BCUT2D eigenvalue weighted by Crippen LogP contribution is -2.41. The molecule has 2 aromatic rings. The number of nitrogens with one attached hydrogen (secondary N) is 3. The van der Waals surface area contributed by atoms with Crippen LogP contribution in [0.5, 0.6) is 0 Å². The summed E-state index contributed by atoms with van der Waals surface area (Å²) in [5, 5.41) is 5.54. The molecule has 1 aliphatic rings. The lowest BCUT2D eigenvalue weighted by molar-refractivity contribution is 0.0390. The molecule has 0 radical (unpaired) electrons. The van der Waals surface area contributed by atoms with Gasteiger partial charge in [-0.2, -0.15) is 0 Å². The standard InChI is InChI=1S/C19H25N5O3S/c25-19(21-15-16-5-7-20-8-6-16)23-17-1-3-18(4-2-17)28(26)22-9-10-24-11-13-27-14-12-24/h1-8,22H,9-15H2,(H2,21,23,25). The zero-order valence-corrected chi connectivity index (χ0v) is 16.4. The Bertz CT molecular complexity index is 726. The normalized spacial score (nSPS) is 15.8. The van der Waals surface area contributed by atoms with Gasteiger partial charge in [0.2, 0.25) is 0 Å². The first-order chi connectivity index (χ1) is 13.7. The number of amides is 2. The quantitative estimate of drug-likeness (QED) is 0.575. The van der Waals surface area contributed by atoms with E-state index in [1.807, 2.05) is 12.1 Å². The molecule has 3 N–H and O–H groups in total. The Labute approximate surface area is 168 Å². The van der Waals surface area contributed by atoms with Gasteiger partial charge < -0.3 is 19.9 Å². The highest BCUT2D eigenvalue weighted by molar-refractivity contribution is 7.89. The van der Waals surface area contributed by atoms with Gasteiger partial charge in [0.1, 0.15) is 0 Å². The Balaban J connectivity index is 1.39. The zero-order valence-electron chi connectivity index (χ0n) is 15.6. The topological polar surface area (TPSA) is 102 Å². The minimum absolute atomic E-state index is 0.297. The third-order valence-corrected chi connectivity index (χ3v) is 5.46. The highest BCUT2D eigenvalue weighted by atomic mass is 32.2. The molecule has 0 saturated carbocycles. The van der Waals surface area contributed by atoms with E-state index >= 15 is 0 Å². The van der Waals surface area contributed by atoms with Gasteiger partial charge in [-0.1, -0.05) is 0 Å². The summed E-state index contributed by atoms with van der Waals surface area (Å²) in [6, 6.07) is 10.4.